The monoisotopic (exact) mass is 182 g/mol. The number of thiol groups is 1. The molecule has 0 aliphatic carbocycles. The lowest BCUT2D eigenvalue weighted by Crippen LogP contribution is -2.20. The Morgan fingerprint density at radius 2 is 2.42 bits per heavy atom. The largest absolute Gasteiger partial charge is 0.387 e. The van der Waals surface area contributed by atoms with Crippen LogP contribution in [0.15, 0.2) is 23.7 Å². The van der Waals surface area contributed by atoms with E-state index in [1.165, 1.54) is 0 Å². The molecule has 0 aromatic heterocycles. The maximum atomic E-state index is 11.0. The molecule has 0 saturated carbocycles. The van der Waals surface area contributed by atoms with Gasteiger partial charge in [-0.25, -0.2) is 0 Å². The zero-order chi connectivity index (χ0) is 8.55. The van der Waals surface area contributed by atoms with Crippen molar-refractivity contribution in [3.05, 3.63) is 23.7 Å². The van der Waals surface area contributed by atoms with Crippen LogP contribution in [0.3, 0.4) is 0 Å². The minimum absolute atomic E-state index is 0.137. The van der Waals surface area contributed by atoms with E-state index in [1.54, 1.807) is 6.20 Å². The standard InChI is InChI=1S/C8H10N2OS/c11-8(12)6-3-9-4-7-5(6)1-2-10-7/h3-5,9-10H,1-2H2,(H,11,12). The van der Waals surface area contributed by atoms with Crippen LogP contribution in [0.2, 0.25) is 0 Å². The van der Waals surface area contributed by atoms with Crippen molar-refractivity contribution in [3.8, 4) is 0 Å². The Bertz CT molecular complexity index is 283. The van der Waals surface area contributed by atoms with E-state index in [0.717, 1.165) is 24.2 Å². The van der Waals surface area contributed by atoms with E-state index >= 15 is 0 Å². The second-order valence-corrected chi connectivity index (χ2v) is 3.35. The first-order valence-corrected chi connectivity index (χ1v) is 4.37. The fraction of sp³-hybridized carbons (Fsp3) is 0.375. The molecule has 0 aromatic carbocycles. The normalized spacial score (nSPS) is 26.2. The van der Waals surface area contributed by atoms with E-state index in [-0.39, 0.29) is 11.0 Å². The number of hydrogen-bond acceptors (Lipinski definition) is 3. The highest BCUT2D eigenvalue weighted by Gasteiger charge is 2.28. The molecule has 1 saturated heterocycles. The molecule has 1 unspecified atom stereocenters. The summed E-state index contributed by atoms with van der Waals surface area (Å²) in [6, 6.07) is 0. The van der Waals surface area contributed by atoms with Gasteiger partial charge in [0.25, 0.3) is 0 Å². The number of carbonyl (C=O) groups is 1. The predicted octanol–water partition coefficient (Wildman–Crippen LogP) is 0.381. The molecule has 64 valence electrons. The molecule has 0 amide bonds. The van der Waals surface area contributed by atoms with Gasteiger partial charge in [-0.3, -0.25) is 4.79 Å². The molecule has 0 spiro atoms. The number of hydrogen-bond donors (Lipinski definition) is 3. The third-order valence-electron chi connectivity index (χ3n) is 2.24. The molecule has 2 heterocycles. The first kappa shape index (κ1) is 7.73. The van der Waals surface area contributed by atoms with Crippen LogP contribution in [0, 0.1) is 5.92 Å². The van der Waals surface area contributed by atoms with Gasteiger partial charge in [-0.1, -0.05) is 0 Å². The minimum atomic E-state index is -0.137. The van der Waals surface area contributed by atoms with Crippen LogP contribution in [0.25, 0.3) is 0 Å². The van der Waals surface area contributed by atoms with E-state index in [2.05, 4.69) is 23.3 Å². The maximum absolute atomic E-state index is 11.0. The molecule has 2 N–H and O–H groups in total. The van der Waals surface area contributed by atoms with Crippen molar-refractivity contribution in [1.29, 1.82) is 0 Å². The first-order chi connectivity index (χ1) is 5.79. The summed E-state index contributed by atoms with van der Waals surface area (Å²) in [7, 11) is 0. The summed E-state index contributed by atoms with van der Waals surface area (Å²) >= 11 is 3.82. The second kappa shape index (κ2) is 2.86. The zero-order valence-electron chi connectivity index (χ0n) is 6.50. The van der Waals surface area contributed by atoms with Crippen molar-refractivity contribution in [2.45, 2.75) is 6.42 Å². The van der Waals surface area contributed by atoms with Crippen molar-refractivity contribution < 1.29 is 4.79 Å². The molecule has 4 heteroatoms. The molecule has 0 aromatic rings. The minimum Gasteiger partial charge on any atom is -0.387 e. The van der Waals surface area contributed by atoms with Crippen LogP contribution in [0.1, 0.15) is 6.42 Å². The summed E-state index contributed by atoms with van der Waals surface area (Å²) in [5.74, 6) is 0.247. The van der Waals surface area contributed by atoms with E-state index in [0.29, 0.717) is 0 Å². The van der Waals surface area contributed by atoms with E-state index in [1.807, 2.05) is 6.20 Å². The Balaban J connectivity index is 2.26. The molecule has 2 aliphatic heterocycles. The predicted molar refractivity (Wildman–Crippen MR) is 49.4 cm³/mol. The molecule has 2 rings (SSSR count). The average Bonchev–Trinajstić information content (AvgIpc) is 2.49. The lowest BCUT2D eigenvalue weighted by Gasteiger charge is -2.17. The van der Waals surface area contributed by atoms with Crippen LogP contribution < -0.4 is 10.6 Å². The Morgan fingerprint density at radius 3 is 3.17 bits per heavy atom. The Labute approximate surface area is 76.3 Å². The van der Waals surface area contributed by atoms with E-state index in [9.17, 15) is 4.79 Å². The summed E-state index contributed by atoms with van der Waals surface area (Å²) in [6.45, 7) is 0.941. The summed E-state index contributed by atoms with van der Waals surface area (Å²) < 4.78 is 0. The topological polar surface area (TPSA) is 41.1 Å². The van der Waals surface area contributed by atoms with Crippen LogP contribution in [0.5, 0.6) is 0 Å². The zero-order valence-corrected chi connectivity index (χ0v) is 7.40. The molecule has 1 fully saturated rings. The van der Waals surface area contributed by atoms with E-state index < -0.39 is 0 Å². The van der Waals surface area contributed by atoms with Crippen molar-refractivity contribution in [3.63, 3.8) is 0 Å². The molecular formula is C8H10N2OS. The molecular weight excluding hydrogens is 172 g/mol. The fourth-order valence-electron chi connectivity index (χ4n) is 1.65. The van der Waals surface area contributed by atoms with Crippen molar-refractivity contribution in [2.24, 2.45) is 5.92 Å². The number of fused-ring (bicyclic) bond motifs is 1. The summed E-state index contributed by atoms with van der Waals surface area (Å²) in [4.78, 5) is 11.0. The van der Waals surface area contributed by atoms with Gasteiger partial charge in [-0.2, -0.15) is 0 Å². The Hall–Kier alpha value is -0.900. The van der Waals surface area contributed by atoms with Gasteiger partial charge in [0.2, 0.25) is 5.12 Å². The van der Waals surface area contributed by atoms with Crippen molar-refractivity contribution in [1.82, 2.24) is 10.6 Å². The highest BCUT2D eigenvalue weighted by atomic mass is 32.1. The number of rotatable bonds is 1. The van der Waals surface area contributed by atoms with Crippen LogP contribution in [-0.4, -0.2) is 11.7 Å². The molecule has 3 nitrogen and oxygen atoms in total. The van der Waals surface area contributed by atoms with E-state index in [4.69, 9.17) is 0 Å². The number of carbonyl (C=O) groups excluding carboxylic acids is 1. The van der Waals surface area contributed by atoms with Gasteiger partial charge in [0, 0.05) is 36.1 Å². The summed E-state index contributed by atoms with van der Waals surface area (Å²) in [5, 5.41) is 6.01. The Morgan fingerprint density at radius 1 is 1.58 bits per heavy atom. The Kier molecular flexibility index (Phi) is 1.84. The highest BCUT2D eigenvalue weighted by Crippen LogP contribution is 2.29. The van der Waals surface area contributed by atoms with Gasteiger partial charge >= 0.3 is 0 Å². The smallest absolute Gasteiger partial charge is 0.214 e. The second-order valence-electron chi connectivity index (χ2n) is 2.94. The van der Waals surface area contributed by atoms with Crippen LogP contribution in [0.4, 0.5) is 0 Å². The van der Waals surface area contributed by atoms with Crippen LogP contribution >= 0.6 is 12.6 Å². The van der Waals surface area contributed by atoms with Crippen molar-refractivity contribution in [2.75, 3.05) is 6.54 Å². The summed E-state index contributed by atoms with van der Waals surface area (Å²) in [5.41, 5.74) is 1.87. The van der Waals surface area contributed by atoms with Crippen LogP contribution in [-0.2, 0) is 4.79 Å². The van der Waals surface area contributed by atoms with Gasteiger partial charge in [-0.05, 0) is 6.42 Å². The van der Waals surface area contributed by atoms with Gasteiger partial charge in [-0.15, -0.1) is 12.6 Å². The first-order valence-electron chi connectivity index (χ1n) is 3.92. The van der Waals surface area contributed by atoms with Gasteiger partial charge in [0.1, 0.15) is 0 Å². The van der Waals surface area contributed by atoms with Gasteiger partial charge < -0.3 is 10.6 Å². The van der Waals surface area contributed by atoms with Gasteiger partial charge in [0.15, 0.2) is 0 Å². The molecule has 0 radical (unpaired) electrons. The molecule has 1 atom stereocenters. The lowest BCUT2D eigenvalue weighted by molar-refractivity contribution is -0.108. The molecule has 0 bridgehead atoms. The third kappa shape index (κ3) is 1.12. The average molecular weight is 182 g/mol. The molecule has 12 heavy (non-hydrogen) atoms. The highest BCUT2D eigenvalue weighted by molar-refractivity contribution is 7.97. The lowest BCUT2D eigenvalue weighted by atomic mass is 9.96. The van der Waals surface area contributed by atoms with Crippen molar-refractivity contribution >= 4 is 17.7 Å². The third-order valence-corrected chi connectivity index (χ3v) is 2.50. The number of nitrogens with one attached hydrogen (secondary N) is 2. The fourth-order valence-corrected chi connectivity index (χ4v) is 1.87. The number of allylic oxidation sites excluding steroid dienone is 1. The summed E-state index contributed by atoms with van der Waals surface area (Å²) in [6.07, 6.45) is 4.63. The van der Waals surface area contributed by atoms with Gasteiger partial charge in [0.05, 0.1) is 0 Å². The quantitative estimate of drug-likeness (QED) is 0.514. The number of dihydropyridines is 1. The molecule has 2 aliphatic rings. The maximum Gasteiger partial charge on any atom is 0.214 e. The SMILES string of the molecule is O=C(S)C1=CNC=C2NCCC21.